The maximum Gasteiger partial charge on any atom is 0.409 e. The zero-order chi connectivity index (χ0) is 13.0. The molecule has 0 aromatic heterocycles. The highest BCUT2D eigenvalue weighted by Crippen LogP contribution is 2.12. The number of piperazine rings is 1. The number of nitrogens with zero attached hydrogens (tertiary/aromatic N) is 2. The lowest BCUT2D eigenvalue weighted by atomic mass is 10.2. The lowest BCUT2D eigenvalue weighted by molar-refractivity contribution is 0.0602. The van der Waals surface area contributed by atoms with Crippen LogP contribution in [0.3, 0.4) is 0 Å². The molecule has 5 nitrogen and oxygen atoms in total. The summed E-state index contributed by atoms with van der Waals surface area (Å²) >= 11 is 0. The molecule has 18 heavy (non-hydrogen) atoms. The standard InChI is InChI=1S/C13H25N3O2/c1-11(2)10-18-13(17)16-7-5-15(6-8-16)12-3-4-14-9-12/h11-12,14H,3-10H2,1-2H3. The Kier molecular flexibility index (Phi) is 4.83. The second-order valence-electron chi connectivity index (χ2n) is 5.64. The van der Waals surface area contributed by atoms with Crippen LogP contribution in [0.5, 0.6) is 0 Å². The highest BCUT2D eigenvalue weighted by Gasteiger charge is 2.28. The van der Waals surface area contributed by atoms with Crippen LogP contribution in [0.2, 0.25) is 0 Å². The summed E-state index contributed by atoms with van der Waals surface area (Å²) in [5, 5.41) is 3.39. The third-order valence-corrected chi connectivity index (χ3v) is 3.66. The zero-order valence-electron chi connectivity index (χ0n) is 11.5. The van der Waals surface area contributed by atoms with Crippen molar-refractivity contribution in [3.05, 3.63) is 0 Å². The Morgan fingerprint density at radius 1 is 1.33 bits per heavy atom. The van der Waals surface area contributed by atoms with Crippen LogP contribution in [0.25, 0.3) is 0 Å². The van der Waals surface area contributed by atoms with Gasteiger partial charge in [0.1, 0.15) is 0 Å². The zero-order valence-corrected chi connectivity index (χ0v) is 11.5. The number of carbonyl (C=O) groups excluding carboxylic acids is 1. The minimum absolute atomic E-state index is 0.145. The molecule has 5 heteroatoms. The Labute approximate surface area is 109 Å². The summed E-state index contributed by atoms with van der Waals surface area (Å²) in [6.45, 7) is 10.4. The summed E-state index contributed by atoms with van der Waals surface area (Å²) in [5.41, 5.74) is 0. The molecule has 2 aliphatic rings. The smallest absolute Gasteiger partial charge is 0.409 e. The van der Waals surface area contributed by atoms with E-state index >= 15 is 0 Å². The minimum Gasteiger partial charge on any atom is -0.449 e. The van der Waals surface area contributed by atoms with Gasteiger partial charge in [0.15, 0.2) is 0 Å². The van der Waals surface area contributed by atoms with Gasteiger partial charge in [0, 0.05) is 38.8 Å². The molecular weight excluding hydrogens is 230 g/mol. The van der Waals surface area contributed by atoms with Crippen molar-refractivity contribution in [3.8, 4) is 0 Å². The van der Waals surface area contributed by atoms with Gasteiger partial charge >= 0.3 is 6.09 Å². The van der Waals surface area contributed by atoms with Gasteiger partial charge in [-0.15, -0.1) is 0 Å². The predicted octanol–water partition coefficient (Wildman–Crippen LogP) is 0.759. The molecule has 1 N–H and O–H groups in total. The second-order valence-corrected chi connectivity index (χ2v) is 5.64. The van der Waals surface area contributed by atoms with E-state index in [2.05, 4.69) is 24.1 Å². The van der Waals surface area contributed by atoms with Gasteiger partial charge in [0.25, 0.3) is 0 Å². The number of hydrogen-bond donors (Lipinski definition) is 1. The molecule has 0 aromatic rings. The fraction of sp³-hybridized carbons (Fsp3) is 0.923. The molecule has 0 aromatic carbocycles. The Morgan fingerprint density at radius 2 is 2.06 bits per heavy atom. The highest BCUT2D eigenvalue weighted by atomic mass is 16.6. The maximum atomic E-state index is 11.8. The average molecular weight is 255 g/mol. The van der Waals surface area contributed by atoms with Crippen LogP contribution in [-0.4, -0.2) is 67.8 Å². The molecule has 0 saturated carbocycles. The maximum absolute atomic E-state index is 11.8. The topological polar surface area (TPSA) is 44.8 Å². The third-order valence-electron chi connectivity index (χ3n) is 3.66. The molecule has 2 fully saturated rings. The molecule has 1 unspecified atom stereocenters. The second kappa shape index (κ2) is 6.38. The molecule has 1 amide bonds. The van der Waals surface area contributed by atoms with E-state index in [-0.39, 0.29) is 6.09 Å². The van der Waals surface area contributed by atoms with Crippen LogP contribution in [-0.2, 0) is 4.74 Å². The Hall–Kier alpha value is -0.810. The summed E-state index contributed by atoms with van der Waals surface area (Å²) < 4.78 is 5.26. The average Bonchev–Trinajstić information content (AvgIpc) is 2.90. The molecule has 2 aliphatic heterocycles. The van der Waals surface area contributed by atoms with E-state index in [0.717, 1.165) is 39.3 Å². The summed E-state index contributed by atoms with van der Waals surface area (Å²) in [6, 6.07) is 0.666. The van der Waals surface area contributed by atoms with Crippen LogP contribution in [0.1, 0.15) is 20.3 Å². The summed E-state index contributed by atoms with van der Waals surface area (Å²) in [7, 11) is 0. The van der Waals surface area contributed by atoms with Crippen molar-refractivity contribution in [2.45, 2.75) is 26.3 Å². The summed E-state index contributed by atoms with van der Waals surface area (Å²) in [4.78, 5) is 16.1. The van der Waals surface area contributed by atoms with Gasteiger partial charge in [-0.3, -0.25) is 4.90 Å². The van der Waals surface area contributed by atoms with Crippen molar-refractivity contribution in [2.24, 2.45) is 5.92 Å². The molecule has 2 heterocycles. The monoisotopic (exact) mass is 255 g/mol. The Morgan fingerprint density at radius 3 is 2.61 bits per heavy atom. The van der Waals surface area contributed by atoms with Crippen molar-refractivity contribution in [3.63, 3.8) is 0 Å². The van der Waals surface area contributed by atoms with Gasteiger partial charge in [-0.2, -0.15) is 0 Å². The van der Waals surface area contributed by atoms with Crippen LogP contribution in [0, 0.1) is 5.92 Å². The van der Waals surface area contributed by atoms with Crippen molar-refractivity contribution in [2.75, 3.05) is 45.9 Å². The fourth-order valence-corrected chi connectivity index (χ4v) is 2.55. The van der Waals surface area contributed by atoms with Gasteiger partial charge < -0.3 is 15.0 Å². The number of ether oxygens (including phenoxy) is 1. The van der Waals surface area contributed by atoms with E-state index in [4.69, 9.17) is 4.74 Å². The third kappa shape index (κ3) is 3.59. The Balaban J connectivity index is 1.70. The molecule has 104 valence electrons. The summed E-state index contributed by atoms with van der Waals surface area (Å²) in [5.74, 6) is 0.403. The van der Waals surface area contributed by atoms with Crippen LogP contribution >= 0.6 is 0 Å². The van der Waals surface area contributed by atoms with Crippen molar-refractivity contribution in [1.29, 1.82) is 0 Å². The first-order chi connectivity index (χ1) is 8.66. The predicted molar refractivity (Wildman–Crippen MR) is 70.6 cm³/mol. The Bertz CT molecular complexity index is 269. The molecule has 0 aliphatic carbocycles. The van der Waals surface area contributed by atoms with E-state index in [9.17, 15) is 4.79 Å². The molecule has 0 spiro atoms. The van der Waals surface area contributed by atoms with Crippen molar-refractivity contribution >= 4 is 6.09 Å². The van der Waals surface area contributed by atoms with E-state index in [1.54, 1.807) is 0 Å². The van der Waals surface area contributed by atoms with Crippen LogP contribution < -0.4 is 5.32 Å². The number of hydrogen-bond acceptors (Lipinski definition) is 4. The van der Waals surface area contributed by atoms with Gasteiger partial charge in [-0.05, 0) is 18.9 Å². The molecule has 1 atom stereocenters. The summed E-state index contributed by atoms with van der Waals surface area (Å²) in [6.07, 6.45) is 1.09. The number of amides is 1. The van der Waals surface area contributed by atoms with E-state index in [1.807, 2.05) is 4.90 Å². The minimum atomic E-state index is -0.145. The number of carbonyl (C=O) groups is 1. The molecule has 0 radical (unpaired) electrons. The molecular formula is C13H25N3O2. The molecule has 2 saturated heterocycles. The van der Waals surface area contributed by atoms with Crippen molar-refractivity contribution < 1.29 is 9.53 Å². The van der Waals surface area contributed by atoms with E-state index in [0.29, 0.717) is 18.6 Å². The quantitative estimate of drug-likeness (QED) is 0.808. The van der Waals surface area contributed by atoms with Crippen molar-refractivity contribution in [1.82, 2.24) is 15.1 Å². The van der Waals surface area contributed by atoms with Crippen LogP contribution in [0.15, 0.2) is 0 Å². The van der Waals surface area contributed by atoms with Gasteiger partial charge in [-0.1, -0.05) is 13.8 Å². The first kappa shape index (κ1) is 13.6. The lowest BCUT2D eigenvalue weighted by Gasteiger charge is -2.37. The first-order valence-electron chi connectivity index (χ1n) is 7.03. The highest BCUT2D eigenvalue weighted by molar-refractivity contribution is 5.67. The van der Waals surface area contributed by atoms with Gasteiger partial charge in [0.05, 0.1) is 6.61 Å². The SMILES string of the molecule is CC(C)COC(=O)N1CCN(C2CCNC2)CC1. The first-order valence-corrected chi connectivity index (χ1v) is 7.03. The lowest BCUT2D eigenvalue weighted by Crippen LogP contribution is -2.52. The van der Waals surface area contributed by atoms with E-state index in [1.165, 1.54) is 6.42 Å². The van der Waals surface area contributed by atoms with Gasteiger partial charge in [0.2, 0.25) is 0 Å². The fourth-order valence-electron chi connectivity index (χ4n) is 2.55. The largest absolute Gasteiger partial charge is 0.449 e. The van der Waals surface area contributed by atoms with Crippen LogP contribution in [0.4, 0.5) is 4.79 Å². The number of rotatable bonds is 3. The number of nitrogens with one attached hydrogen (secondary N) is 1. The molecule has 0 bridgehead atoms. The molecule has 2 rings (SSSR count). The normalized spacial score (nSPS) is 25.7. The van der Waals surface area contributed by atoms with Gasteiger partial charge in [-0.25, -0.2) is 4.79 Å². The van der Waals surface area contributed by atoms with E-state index < -0.39 is 0 Å².